The van der Waals surface area contributed by atoms with Crippen molar-refractivity contribution < 1.29 is 21.5 Å². The maximum Gasteiger partial charge on any atom is 2.00 e. The molecule has 0 saturated heterocycles. The summed E-state index contributed by atoms with van der Waals surface area (Å²) in [5, 5.41) is 0. The van der Waals surface area contributed by atoms with Crippen LogP contribution >= 0.6 is 0 Å². The van der Waals surface area contributed by atoms with Gasteiger partial charge in [0.05, 0.1) is 0 Å². The van der Waals surface area contributed by atoms with E-state index in [1.54, 1.807) is 0 Å². The van der Waals surface area contributed by atoms with Gasteiger partial charge in [-0.15, -0.1) is 0 Å². The Morgan fingerprint density at radius 1 is 1.17 bits per heavy atom. The van der Waals surface area contributed by atoms with E-state index >= 15 is 0 Å². The zero-order valence-corrected chi connectivity index (χ0v) is 5.00. The van der Waals surface area contributed by atoms with Crippen molar-refractivity contribution in [2.45, 2.75) is 0 Å². The topological polar surface area (TPSA) is 0 Å². The minimum absolute atomic E-state index is 0. The van der Waals surface area contributed by atoms with Crippen LogP contribution in [0.15, 0.2) is 0 Å². The quantitative estimate of drug-likeness (QED) is 0.342. The van der Waals surface area contributed by atoms with Crippen LogP contribution in [0.5, 0.6) is 0 Å². The molecule has 0 unspecified atom stereocenters. The molecule has 0 amide bonds. The monoisotopic (exact) mass is 130 g/mol. The van der Waals surface area contributed by atoms with E-state index in [4.69, 9.17) is 0 Å². The van der Waals surface area contributed by atoms with Crippen LogP contribution in [0, 0.1) is 0 Å². The van der Waals surface area contributed by atoms with E-state index in [1.165, 1.54) is 0 Å². The molecule has 6 heteroatoms. The van der Waals surface area contributed by atoms with Crippen molar-refractivity contribution in [1.82, 2.24) is 0 Å². The smallest absolute Gasteiger partial charge is 1.00 e. The molecule has 0 aliphatic rings. The average Bonchev–Trinajstić information content (AvgIpc) is 0.722. The second-order valence-corrected chi connectivity index (χ2v) is 0.495. The summed E-state index contributed by atoms with van der Waals surface area (Å²) < 4.78 is 39.0. The van der Waals surface area contributed by atoms with Crippen molar-refractivity contribution in [1.29, 1.82) is 0 Å². The normalized spacial score (nSPS) is 10.0. The van der Waals surface area contributed by atoms with Crippen molar-refractivity contribution in [3.05, 3.63) is 0 Å². The number of rotatable bonds is 0. The van der Waals surface area contributed by atoms with Crippen molar-refractivity contribution in [3.8, 4) is 0 Å². The molecule has 0 atom stereocenters. The van der Waals surface area contributed by atoms with E-state index < -0.39 is 7.25 Å². The fraction of sp³-hybridized carbons (Fsp3) is 0. The Balaban J connectivity index is -0.0000000133. The maximum atomic E-state index is 9.75. The molecule has 0 radical (unpaired) electrons. The van der Waals surface area contributed by atoms with Crippen molar-refractivity contribution in [2.75, 3.05) is 0 Å². The Kier molecular flexibility index (Phi) is 5.23. The molecule has 0 aromatic rings. The van der Waals surface area contributed by atoms with Gasteiger partial charge in [0.1, 0.15) is 0 Å². The SMILES string of the molecule is F[B-](F)(F)F.[Ca+2].[H+].[H-].[H-]. The van der Waals surface area contributed by atoms with E-state index in [9.17, 15) is 17.3 Å². The first kappa shape index (κ1) is 10.1. The molecule has 0 heterocycles. The Bertz CT molecular complexity index is 31.3. The van der Waals surface area contributed by atoms with E-state index in [0.717, 1.165) is 0 Å². The summed E-state index contributed by atoms with van der Waals surface area (Å²) in [7, 11) is -6.00. The number of hydrogen-bond acceptors (Lipinski definition) is 0. The first-order valence-corrected chi connectivity index (χ1v) is 0.873. The summed E-state index contributed by atoms with van der Waals surface area (Å²) in [6.07, 6.45) is 0. The fourth-order valence-corrected chi connectivity index (χ4v) is 0. The van der Waals surface area contributed by atoms with Crippen molar-refractivity contribution in [3.63, 3.8) is 0 Å². The van der Waals surface area contributed by atoms with Gasteiger partial charge in [-0.25, -0.2) is 0 Å². The summed E-state index contributed by atoms with van der Waals surface area (Å²) in [4.78, 5) is 0. The molecule has 0 aliphatic carbocycles. The largest absolute Gasteiger partial charge is 2.00 e. The van der Waals surface area contributed by atoms with Gasteiger partial charge in [0.2, 0.25) is 0 Å². The molecule has 0 spiro atoms. The molecule has 36 valence electrons. The van der Waals surface area contributed by atoms with Crippen LogP contribution in [0.2, 0.25) is 0 Å². The van der Waals surface area contributed by atoms with Gasteiger partial charge >= 0.3 is 46.4 Å². The summed E-state index contributed by atoms with van der Waals surface area (Å²) in [5.41, 5.74) is 0. The van der Waals surface area contributed by atoms with Crippen LogP contribution in [0.25, 0.3) is 0 Å². The standard InChI is InChI=1S/BF4.Ca.2H/c2-1(3,4)5;;;/q-1;+2;2*-1/p+1. The molecule has 0 bridgehead atoms. The minimum Gasteiger partial charge on any atom is -1.00 e. The predicted molar refractivity (Wildman–Crippen MR) is 19.3 cm³/mol. The van der Waals surface area contributed by atoms with Crippen molar-refractivity contribution in [2.24, 2.45) is 0 Å². The third-order valence-electron chi connectivity index (χ3n) is 0. The predicted octanol–water partition coefficient (Wildman–Crippen LogP) is 1.26. The van der Waals surface area contributed by atoms with E-state index in [2.05, 4.69) is 0 Å². The Morgan fingerprint density at radius 2 is 1.17 bits per heavy atom. The molecule has 6 heavy (non-hydrogen) atoms. The Hall–Kier alpha value is 1.04. The van der Waals surface area contributed by atoms with Crippen LogP contribution in [-0.4, -0.2) is 45.0 Å². The molecule has 0 fully saturated rings. The van der Waals surface area contributed by atoms with Gasteiger partial charge in [0, 0.05) is 0 Å². The molecule has 0 saturated carbocycles. The first-order valence-electron chi connectivity index (χ1n) is 0.873. The van der Waals surface area contributed by atoms with Crippen LogP contribution in [0.1, 0.15) is 4.28 Å². The van der Waals surface area contributed by atoms with Gasteiger partial charge in [-0.2, -0.15) is 0 Å². The first-order chi connectivity index (χ1) is 2.00. The molecule has 0 aromatic carbocycles. The van der Waals surface area contributed by atoms with E-state index in [1.807, 2.05) is 0 Å². The zero-order chi connectivity index (χ0) is 4.50. The molecule has 0 rings (SSSR count). The van der Waals surface area contributed by atoms with Gasteiger partial charge in [-0.1, -0.05) is 0 Å². The zero-order valence-electron chi connectivity index (χ0n) is 5.80. The minimum atomic E-state index is -6.00. The van der Waals surface area contributed by atoms with Gasteiger partial charge in [0.25, 0.3) is 0 Å². The Labute approximate surface area is 66.5 Å². The number of hydrogen-bond donors (Lipinski definition) is 0. The summed E-state index contributed by atoms with van der Waals surface area (Å²) in [6, 6.07) is 0. The molecule has 0 nitrogen and oxygen atoms in total. The molecule has 0 aliphatic heterocycles. The molecule has 0 N–H and O–H groups in total. The van der Waals surface area contributed by atoms with Gasteiger partial charge in [0.15, 0.2) is 0 Å². The van der Waals surface area contributed by atoms with Crippen LogP contribution in [0.3, 0.4) is 0 Å². The van der Waals surface area contributed by atoms with E-state index in [-0.39, 0.29) is 42.0 Å². The maximum absolute atomic E-state index is 9.75. The Morgan fingerprint density at radius 3 is 1.17 bits per heavy atom. The third-order valence-corrected chi connectivity index (χ3v) is 0. The van der Waals surface area contributed by atoms with Crippen LogP contribution < -0.4 is 0 Å². The van der Waals surface area contributed by atoms with E-state index in [0.29, 0.717) is 0 Å². The van der Waals surface area contributed by atoms with Gasteiger partial charge in [-0.05, 0) is 0 Å². The van der Waals surface area contributed by atoms with Crippen molar-refractivity contribution >= 4 is 45.0 Å². The van der Waals surface area contributed by atoms with Gasteiger partial charge in [-0.3, -0.25) is 0 Å². The molecular weight excluding hydrogens is 127 g/mol. The van der Waals surface area contributed by atoms with Gasteiger partial charge < -0.3 is 20.1 Å². The summed E-state index contributed by atoms with van der Waals surface area (Å²) in [6.45, 7) is 0. The second kappa shape index (κ2) is 3.10. The second-order valence-electron chi connectivity index (χ2n) is 0.495. The van der Waals surface area contributed by atoms with Crippen LogP contribution in [0.4, 0.5) is 17.3 Å². The molecular formula is H3BCaF4. The summed E-state index contributed by atoms with van der Waals surface area (Å²) >= 11 is 0. The van der Waals surface area contributed by atoms with Crippen LogP contribution in [-0.2, 0) is 0 Å². The average molecular weight is 130 g/mol. The fourth-order valence-electron chi connectivity index (χ4n) is 0. The number of halogens is 4. The molecule has 0 aromatic heterocycles. The summed E-state index contributed by atoms with van der Waals surface area (Å²) in [5.74, 6) is 0. The third kappa shape index (κ3) is 75.6.